The molecule has 1 aliphatic rings. The van der Waals surface area contributed by atoms with Crippen molar-refractivity contribution in [3.8, 4) is 22.3 Å². The smallest absolute Gasteiger partial charge is 0.261 e. The number of thiophene rings is 1. The van der Waals surface area contributed by atoms with Crippen LogP contribution in [-0.2, 0) is 7.05 Å². The molecule has 154 valence electrons. The number of nitrogens with one attached hydrogen (secondary N) is 1. The molecular formula is C21H22N6O2S. The molecule has 1 saturated carbocycles. The van der Waals surface area contributed by atoms with Crippen molar-refractivity contribution in [2.75, 3.05) is 0 Å². The van der Waals surface area contributed by atoms with Crippen molar-refractivity contribution in [3.63, 3.8) is 0 Å². The number of nitrogens with zero attached hydrogens (tertiary/aromatic N) is 5. The number of rotatable bonds is 4. The molecule has 1 fully saturated rings. The fraction of sp³-hybridized carbons (Fsp3) is 0.333. The maximum Gasteiger partial charge on any atom is 0.261 e. The van der Waals surface area contributed by atoms with Crippen LogP contribution >= 0.6 is 11.3 Å². The molecule has 0 spiro atoms. The van der Waals surface area contributed by atoms with Gasteiger partial charge >= 0.3 is 0 Å². The molecule has 2 atom stereocenters. The molecule has 0 aliphatic heterocycles. The summed E-state index contributed by atoms with van der Waals surface area (Å²) in [4.78, 5) is 17.9. The van der Waals surface area contributed by atoms with E-state index in [9.17, 15) is 9.90 Å². The molecule has 1 aliphatic carbocycles. The molecule has 0 unspecified atom stereocenters. The van der Waals surface area contributed by atoms with Crippen LogP contribution in [0.5, 0.6) is 0 Å². The van der Waals surface area contributed by atoms with E-state index in [4.69, 9.17) is 0 Å². The van der Waals surface area contributed by atoms with Gasteiger partial charge in [0.2, 0.25) is 0 Å². The molecule has 0 radical (unpaired) electrons. The van der Waals surface area contributed by atoms with Crippen LogP contribution in [0.4, 0.5) is 0 Å². The number of aliphatic hydroxyl groups is 1. The van der Waals surface area contributed by atoms with Crippen molar-refractivity contribution >= 4 is 22.9 Å². The highest BCUT2D eigenvalue weighted by molar-refractivity contribution is 7.12. The van der Waals surface area contributed by atoms with E-state index in [-0.39, 0.29) is 11.9 Å². The van der Waals surface area contributed by atoms with Crippen LogP contribution < -0.4 is 5.32 Å². The summed E-state index contributed by atoms with van der Waals surface area (Å²) in [5.41, 5.74) is 4.42. The average Bonchev–Trinajstić information content (AvgIpc) is 3.48. The third-order valence-corrected chi connectivity index (χ3v) is 6.50. The number of aryl methyl sites for hydroxylation is 1. The molecule has 0 saturated heterocycles. The second kappa shape index (κ2) is 7.66. The van der Waals surface area contributed by atoms with Gasteiger partial charge in [0, 0.05) is 42.3 Å². The van der Waals surface area contributed by atoms with Crippen LogP contribution in [0.15, 0.2) is 42.4 Å². The number of carbonyl (C=O) groups excluding carboxylic acids is 1. The number of fused-ring (bicyclic) bond motifs is 1. The van der Waals surface area contributed by atoms with E-state index in [1.807, 2.05) is 37.1 Å². The van der Waals surface area contributed by atoms with Gasteiger partial charge in [0.25, 0.3) is 5.91 Å². The standard InChI is InChI=1S/C21H22N6O2S/c1-26-10-15(8-23-26)14-7-22-20-16(9-24-27(20)11-14)13-6-19(30-12-13)21(29)25-17-4-2-3-5-18(17)28/h6-12,17-18,28H,2-5H2,1H3,(H,25,29)/t17-,18+/m1/s1. The summed E-state index contributed by atoms with van der Waals surface area (Å²) >= 11 is 1.39. The monoisotopic (exact) mass is 422 g/mol. The summed E-state index contributed by atoms with van der Waals surface area (Å²) in [6.45, 7) is 0. The number of amides is 1. The van der Waals surface area contributed by atoms with Gasteiger partial charge in [-0.25, -0.2) is 9.50 Å². The first kappa shape index (κ1) is 19.0. The lowest BCUT2D eigenvalue weighted by Crippen LogP contribution is -2.44. The fourth-order valence-electron chi connectivity index (χ4n) is 3.91. The zero-order valence-corrected chi connectivity index (χ0v) is 17.3. The highest BCUT2D eigenvalue weighted by atomic mass is 32.1. The van der Waals surface area contributed by atoms with E-state index in [1.165, 1.54) is 11.3 Å². The highest BCUT2D eigenvalue weighted by Gasteiger charge is 2.25. The quantitative estimate of drug-likeness (QED) is 0.527. The van der Waals surface area contributed by atoms with Crippen molar-refractivity contribution < 1.29 is 9.90 Å². The van der Waals surface area contributed by atoms with Crippen LogP contribution in [0.25, 0.3) is 27.9 Å². The molecule has 8 nitrogen and oxygen atoms in total. The zero-order chi connectivity index (χ0) is 20.7. The molecule has 4 aromatic rings. The topological polar surface area (TPSA) is 97.3 Å². The van der Waals surface area contributed by atoms with Crippen molar-refractivity contribution in [1.29, 1.82) is 0 Å². The number of hydrogen-bond acceptors (Lipinski definition) is 6. The lowest BCUT2D eigenvalue weighted by Gasteiger charge is -2.28. The lowest BCUT2D eigenvalue weighted by atomic mass is 9.92. The van der Waals surface area contributed by atoms with E-state index in [0.717, 1.165) is 53.6 Å². The third kappa shape index (κ3) is 3.50. The van der Waals surface area contributed by atoms with E-state index in [0.29, 0.717) is 4.88 Å². The van der Waals surface area contributed by atoms with Crippen molar-refractivity contribution in [1.82, 2.24) is 29.7 Å². The van der Waals surface area contributed by atoms with E-state index in [1.54, 1.807) is 21.6 Å². The number of aromatic nitrogens is 5. The molecule has 1 amide bonds. The predicted octanol–water partition coefficient (Wildman–Crippen LogP) is 2.89. The maximum absolute atomic E-state index is 12.7. The summed E-state index contributed by atoms with van der Waals surface area (Å²) in [5, 5.41) is 23.7. The molecular weight excluding hydrogens is 400 g/mol. The Balaban J connectivity index is 1.38. The van der Waals surface area contributed by atoms with Crippen LogP contribution in [0.3, 0.4) is 0 Å². The minimum atomic E-state index is -0.458. The Bertz CT molecular complexity index is 1210. The van der Waals surface area contributed by atoms with E-state index < -0.39 is 6.10 Å². The van der Waals surface area contributed by atoms with Gasteiger partial charge < -0.3 is 10.4 Å². The summed E-state index contributed by atoms with van der Waals surface area (Å²) in [6, 6.07) is 1.70. The van der Waals surface area contributed by atoms with Gasteiger partial charge in [-0.2, -0.15) is 10.2 Å². The summed E-state index contributed by atoms with van der Waals surface area (Å²) < 4.78 is 3.49. The van der Waals surface area contributed by atoms with Gasteiger partial charge in [-0.05, 0) is 29.9 Å². The zero-order valence-electron chi connectivity index (χ0n) is 16.5. The number of aliphatic hydroxyl groups excluding tert-OH is 1. The third-order valence-electron chi connectivity index (χ3n) is 5.57. The van der Waals surface area contributed by atoms with Gasteiger partial charge in [-0.3, -0.25) is 9.48 Å². The summed E-state index contributed by atoms with van der Waals surface area (Å²) in [6.07, 6.45) is 12.4. The molecule has 2 N–H and O–H groups in total. The second-order valence-corrected chi connectivity index (χ2v) is 8.61. The van der Waals surface area contributed by atoms with Crippen molar-refractivity contribution in [2.24, 2.45) is 7.05 Å². The number of hydrogen-bond donors (Lipinski definition) is 2. The fourth-order valence-corrected chi connectivity index (χ4v) is 4.72. The largest absolute Gasteiger partial charge is 0.391 e. The molecule has 0 aromatic carbocycles. The van der Waals surface area contributed by atoms with Crippen molar-refractivity contribution in [2.45, 2.75) is 37.8 Å². The summed E-state index contributed by atoms with van der Waals surface area (Å²) in [7, 11) is 1.88. The van der Waals surface area contributed by atoms with Gasteiger partial charge in [0.05, 0.1) is 29.4 Å². The molecule has 0 bridgehead atoms. The first-order chi connectivity index (χ1) is 14.6. The second-order valence-electron chi connectivity index (χ2n) is 7.70. The van der Waals surface area contributed by atoms with Gasteiger partial charge in [-0.1, -0.05) is 12.8 Å². The average molecular weight is 423 g/mol. The Morgan fingerprint density at radius 3 is 2.77 bits per heavy atom. The van der Waals surface area contributed by atoms with Gasteiger partial charge in [-0.15, -0.1) is 11.3 Å². The Morgan fingerprint density at radius 2 is 1.97 bits per heavy atom. The van der Waals surface area contributed by atoms with Gasteiger partial charge in [0.15, 0.2) is 5.65 Å². The van der Waals surface area contributed by atoms with E-state index in [2.05, 4.69) is 20.5 Å². The van der Waals surface area contributed by atoms with Crippen molar-refractivity contribution in [3.05, 3.63) is 47.3 Å². The van der Waals surface area contributed by atoms with Crippen LogP contribution in [0.1, 0.15) is 35.4 Å². The first-order valence-corrected chi connectivity index (χ1v) is 10.9. The number of carbonyl (C=O) groups is 1. The Hall–Kier alpha value is -3.04. The lowest BCUT2D eigenvalue weighted by molar-refractivity contribution is 0.0720. The normalized spacial score (nSPS) is 19.3. The molecule has 4 aromatic heterocycles. The van der Waals surface area contributed by atoms with Gasteiger partial charge in [0.1, 0.15) is 0 Å². The Labute approximate surface area is 177 Å². The molecule has 30 heavy (non-hydrogen) atoms. The molecule has 4 heterocycles. The van der Waals surface area contributed by atoms with Crippen LogP contribution in [0, 0.1) is 0 Å². The van der Waals surface area contributed by atoms with Crippen LogP contribution in [0.2, 0.25) is 0 Å². The highest BCUT2D eigenvalue weighted by Crippen LogP contribution is 2.29. The predicted molar refractivity (Wildman–Crippen MR) is 114 cm³/mol. The minimum Gasteiger partial charge on any atom is -0.391 e. The molecule has 9 heteroatoms. The maximum atomic E-state index is 12.7. The Kier molecular flexibility index (Phi) is 4.84. The Morgan fingerprint density at radius 1 is 1.13 bits per heavy atom. The molecule has 5 rings (SSSR count). The first-order valence-electron chi connectivity index (χ1n) is 9.99. The SMILES string of the molecule is Cn1cc(-c2cnc3c(-c4csc(C(=O)N[C@@H]5CCCC[C@@H]5O)c4)cnn3c2)cn1. The van der Waals surface area contributed by atoms with E-state index >= 15 is 0 Å². The van der Waals surface area contributed by atoms with Crippen LogP contribution in [-0.4, -0.2) is 47.5 Å². The summed E-state index contributed by atoms with van der Waals surface area (Å²) in [5.74, 6) is -0.138. The minimum absolute atomic E-state index is 0.138.